The van der Waals surface area contributed by atoms with Gasteiger partial charge in [0.15, 0.2) is 28.8 Å². The molecule has 0 fully saturated rings. The number of hydrogen-bond donors (Lipinski definition) is 1. The first-order chi connectivity index (χ1) is 18.3. The van der Waals surface area contributed by atoms with Crippen molar-refractivity contribution in [1.29, 1.82) is 0 Å². The number of carbonyl (C=O) groups excluding carboxylic acids is 2. The quantitative estimate of drug-likeness (QED) is 0.509. The van der Waals surface area contributed by atoms with Crippen LogP contribution in [-0.2, 0) is 14.3 Å². The zero-order valence-corrected chi connectivity index (χ0v) is 22.7. The number of ether oxygens (including phenoxy) is 6. The van der Waals surface area contributed by atoms with E-state index in [4.69, 9.17) is 28.4 Å². The second kappa shape index (κ2) is 11.1. The molecule has 1 aliphatic carbocycles. The molecular formula is C29H33NO8. The zero-order valence-electron chi connectivity index (χ0n) is 22.7. The lowest BCUT2D eigenvalue weighted by Gasteiger charge is -2.37. The van der Waals surface area contributed by atoms with Gasteiger partial charge in [0.05, 0.1) is 48.2 Å². The minimum absolute atomic E-state index is 0.0637. The molecule has 0 amide bonds. The maximum Gasteiger partial charge on any atom is 0.336 e. The number of allylic oxidation sites excluding steroid dienone is 3. The van der Waals surface area contributed by atoms with Gasteiger partial charge in [-0.05, 0) is 54.7 Å². The number of methoxy groups -OCH3 is 6. The number of rotatable bonds is 8. The summed E-state index contributed by atoms with van der Waals surface area (Å²) in [6.45, 7) is 1.81. The van der Waals surface area contributed by atoms with Crippen molar-refractivity contribution in [2.24, 2.45) is 0 Å². The molecule has 0 saturated carbocycles. The summed E-state index contributed by atoms with van der Waals surface area (Å²) in [6, 6.07) is 9.24. The molecule has 1 aliphatic heterocycles. The molecular weight excluding hydrogens is 490 g/mol. The zero-order chi connectivity index (χ0) is 27.6. The molecule has 202 valence electrons. The Balaban J connectivity index is 1.85. The Kier molecular flexibility index (Phi) is 7.85. The maximum absolute atomic E-state index is 13.9. The molecule has 2 aromatic carbocycles. The van der Waals surface area contributed by atoms with Crippen molar-refractivity contribution in [1.82, 2.24) is 5.32 Å². The van der Waals surface area contributed by atoms with Gasteiger partial charge in [0.1, 0.15) is 0 Å². The van der Waals surface area contributed by atoms with E-state index in [-0.39, 0.29) is 18.1 Å². The Morgan fingerprint density at radius 3 is 1.95 bits per heavy atom. The van der Waals surface area contributed by atoms with Gasteiger partial charge in [0.2, 0.25) is 5.75 Å². The highest BCUT2D eigenvalue weighted by atomic mass is 16.5. The fraction of sp³-hybridized carbons (Fsp3) is 0.379. The Morgan fingerprint density at radius 1 is 0.789 bits per heavy atom. The van der Waals surface area contributed by atoms with Crippen LogP contribution in [0.5, 0.6) is 28.7 Å². The Bertz CT molecular complexity index is 1300. The minimum Gasteiger partial charge on any atom is -0.493 e. The fourth-order valence-electron chi connectivity index (χ4n) is 5.36. The highest BCUT2D eigenvalue weighted by molar-refractivity contribution is 6.04. The number of ketones is 1. The van der Waals surface area contributed by atoms with Crippen LogP contribution in [0, 0.1) is 0 Å². The Labute approximate surface area is 222 Å². The molecule has 0 unspecified atom stereocenters. The third kappa shape index (κ3) is 4.64. The van der Waals surface area contributed by atoms with E-state index in [0.717, 1.165) is 11.3 Å². The van der Waals surface area contributed by atoms with Crippen LogP contribution in [0.3, 0.4) is 0 Å². The van der Waals surface area contributed by atoms with E-state index >= 15 is 0 Å². The number of nitrogens with one attached hydrogen (secondary N) is 1. The first kappa shape index (κ1) is 26.9. The lowest BCUT2D eigenvalue weighted by Crippen LogP contribution is -2.36. The van der Waals surface area contributed by atoms with E-state index in [0.29, 0.717) is 57.6 Å². The van der Waals surface area contributed by atoms with Crippen LogP contribution in [0.4, 0.5) is 0 Å². The summed E-state index contributed by atoms with van der Waals surface area (Å²) in [6.07, 6.45) is 0.841. The fourth-order valence-corrected chi connectivity index (χ4v) is 5.36. The number of esters is 1. The molecule has 1 heterocycles. The van der Waals surface area contributed by atoms with Crippen molar-refractivity contribution in [2.45, 2.75) is 31.6 Å². The summed E-state index contributed by atoms with van der Waals surface area (Å²) in [7, 11) is 9.07. The summed E-state index contributed by atoms with van der Waals surface area (Å²) in [5.74, 6) is 1.16. The predicted molar refractivity (Wildman–Crippen MR) is 140 cm³/mol. The van der Waals surface area contributed by atoms with E-state index in [1.54, 1.807) is 26.4 Å². The molecule has 9 nitrogen and oxygen atoms in total. The third-order valence-electron chi connectivity index (χ3n) is 7.13. The van der Waals surface area contributed by atoms with Crippen LogP contribution in [0.1, 0.15) is 42.7 Å². The molecule has 2 atom stereocenters. The number of benzene rings is 2. The van der Waals surface area contributed by atoms with Crippen molar-refractivity contribution >= 4 is 11.8 Å². The molecule has 2 aromatic rings. The van der Waals surface area contributed by atoms with Gasteiger partial charge in [-0.3, -0.25) is 4.79 Å². The summed E-state index contributed by atoms with van der Waals surface area (Å²) in [4.78, 5) is 26.9. The number of Topliss-reactive ketones (excluding diaryl/α,β-unsaturated/α-hetero) is 1. The highest BCUT2D eigenvalue weighted by Crippen LogP contribution is 2.49. The van der Waals surface area contributed by atoms with Crippen LogP contribution in [0.25, 0.3) is 0 Å². The second-order valence-electron chi connectivity index (χ2n) is 9.08. The van der Waals surface area contributed by atoms with Gasteiger partial charge in [0.25, 0.3) is 0 Å². The molecule has 0 bridgehead atoms. The highest BCUT2D eigenvalue weighted by Gasteiger charge is 2.42. The van der Waals surface area contributed by atoms with Crippen molar-refractivity contribution in [2.75, 3.05) is 42.7 Å². The Hall–Kier alpha value is -4.14. The average Bonchev–Trinajstić information content (AvgIpc) is 2.94. The predicted octanol–water partition coefficient (Wildman–Crippen LogP) is 4.26. The summed E-state index contributed by atoms with van der Waals surface area (Å²) < 4.78 is 32.6. The van der Waals surface area contributed by atoms with Crippen LogP contribution >= 0.6 is 0 Å². The minimum atomic E-state index is -0.675. The van der Waals surface area contributed by atoms with Crippen molar-refractivity contribution in [3.05, 3.63) is 64.0 Å². The van der Waals surface area contributed by atoms with Gasteiger partial charge in [0, 0.05) is 29.3 Å². The number of dihydropyridines is 1. The SMILES string of the molecule is COC(=O)C1=C(C)NC2=C(C(=O)C[C@H](c3ccc(OC)c(OC)c3)C2)[C@H]1c1cc(OC)c(OC)c(OC)c1. The largest absolute Gasteiger partial charge is 0.493 e. The lowest BCUT2D eigenvalue weighted by molar-refractivity contribution is -0.136. The first-order valence-corrected chi connectivity index (χ1v) is 12.2. The summed E-state index contributed by atoms with van der Waals surface area (Å²) in [5, 5.41) is 3.34. The van der Waals surface area contributed by atoms with E-state index in [1.807, 2.05) is 25.1 Å². The summed E-state index contributed by atoms with van der Waals surface area (Å²) in [5.41, 5.74) is 3.90. The average molecular weight is 524 g/mol. The topological polar surface area (TPSA) is 102 Å². The van der Waals surface area contributed by atoms with Gasteiger partial charge < -0.3 is 33.7 Å². The van der Waals surface area contributed by atoms with Crippen LogP contribution in [0.2, 0.25) is 0 Å². The molecule has 38 heavy (non-hydrogen) atoms. The second-order valence-corrected chi connectivity index (χ2v) is 9.08. The van der Waals surface area contributed by atoms with E-state index < -0.39 is 11.9 Å². The molecule has 0 saturated heterocycles. The van der Waals surface area contributed by atoms with Gasteiger partial charge in [-0.2, -0.15) is 0 Å². The van der Waals surface area contributed by atoms with E-state index in [2.05, 4.69) is 5.32 Å². The van der Waals surface area contributed by atoms with Crippen molar-refractivity contribution < 1.29 is 38.0 Å². The third-order valence-corrected chi connectivity index (χ3v) is 7.13. The number of carbonyl (C=O) groups is 2. The number of hydrogen-bond acceptors (Lipinski definition) is 9. The smallest absolute Gasteiger partial charge is 0.336 e. The van der Waals surface area contributed by atoms with E-state index in [9.17, 15) is 9.59 Å². The van der Waals surface area contributed by atoms with Gasteiger partial charge in [-0.25, -0.2) is 4.79 Å². The Morgan fingerprint density at radius 2 is 1.39 bits per heavy atom. The maximum atomic E-state index is 13.9. The standard InChI is InChI=1S/C29H33NO8/c1-15-25(29(32)38-7)26(18-13-23(35-4)28(37-6)24(14-18)36-5)27-19(30-15)10-17(11-20(27)31)16-8-9-21(33-2)22(12-16)34-3/h8-9,12-14,17,26,30H,10-11H2,1-7H3/t17-,26+/m1/s1. The molecule has 2 aliphatic rings. The summed E-state index contributed by atoms with van der Waals surface area (Å²) >= 11 is 0. The van der Waals surface area contributed by atoms with Crippen molar-refractivity contribution in [3.8, 4) is 28.7 Å². The van der Waals surface area contributed by atoms with Crippen molar-refractivity contribution in [3.63, 3.8) is 0 Å². The van der Waals surface area contributed by atoms with Crippen LogP contribution in [-0.4, -0.2) is 54.4 Å². The molecule has 0 aromatic heterocycles. The van der Waals surface area contributed by atoms with Crippen LogP contribution < -0.4 is 29.0 Å². The van der Waals surface area contributed by atoms with Gasteiger partial charge in [-0.15, -0.1) is 0 Å². The molecule has 1 N–H and O–H groups in total. The van der Waals surface area contributed by atoms with Gasteiger partial charge in [-0.1, -0.05) is 6.07 Å². The molecule has 0 radical (unpaired) electrons. The van der Waals surface area contributed by atoms with Gasteiger partial charge >= 0.3 is 5.97 Å². The molecule has 9 heteroatoms. The molecule has 4 rings (SSSR count). The molecule has 0 spiro atoms. The van der Waals surface area contributed by atoms with Crippen LogP contribution in [0.15, 0.2) is 52.9 Å². The first-order valence-electron chi connectivity index (χ1n) is 12.2. The monoisotopic (exact) mass is 523 g/mol. The van der Waals surface area contributed by atoms with E-state index in [1.165, 1.54) is 28.4 Å². The normalized spacial score (nSPS) is 18.9. The lowest BCUT2D eigenvalue weighted by atomic mass is 9.71.